The zero-order chi connectivity index (χ0) is 11.4. The molecule has 1 heterocycles. The Labute approximate surface area is 89.0 Å². The van der Waals surface area contributed by atoms with Crippen LogP contribution >= 0.6 is 0 Å². The average molecular weight is 214 g/mol. The highest BCUT2D eigenvalue weighted by molar-refractivity contribution is 5.79. The van der Waals surface area contributed by atoms with Gasteiger partial charge in [0.1, 0.15) is 0 Å². The number of piperidine rings is 1. The number of likely N-dealkylation sites (tertiary alicyclic amines) is 1. The van der Waals surface area contributed by atoms with Gasteiger partial charge in [-0.15, -0.1) is 0 Å². The van der Waals surface area contributed by atoms with Crippen molar-refractivity contribution >= 4 is 11.9 Å². The van der Waals surface area contributed by atoms with Crippen molar-refractivity contribution in [3.63, 3.8) is 0 Å². The van der Waals surface area contributed by atoms with Gasteiger partial charge in [-0.3, -0.25) is 4.79 Å². The molecule has 0 bridgehead atoms. The van der Waals surface area contributed by atoms with Gasteiger partial charge < -0.3 is 21.7 Å². The third kappa shape index (κ3) is 3.39. The summed E-state index contributed by atoms with van der Waals surface area (Å²) in [5.41, 5.74) is 10.3. The number of nitrogens with one attached hydrogen (secondary N) is 1. The van der Waals surface area contributed by atoms with E-state index in [1.54, 1.807) is 11.8 Å². The Balaban J connectivity index is 2.31. The fourth-order valence-electron chi connectivity index (χ4n) is 1.70. The normalized spacial score (nSPS) is 19.9. The molecule has 0 aliphatic carbocycles. The van der Waals surface area contributed by atoms with Crippen LogP contribution in [-0.4, -0.2) is 42.0 Å². The lowest BCUT2D eigenvalue weighted by molar-refractivity contribution is -0.119. The summed E-state index contributed by atoms with van der Waals surface area (Å²) in [6, 6.07) is -0.463. The Morgan fingerprint density at radius 3 is 2.27 bits per heavy atom. The van der Waals surface area contributed by atoms with Crippen molar-refractivity contribution in [3.8, 4) is 0 Å². The Hall–Kier alpha value is -1.30. The van der Waals surface area contributed by atoms with Crippen LogP contribution in [0.4, 0.5) is 4.79 Å². The Morgan fingerprint density at radius 1 is 1.33 bits per heavy atom. The van der Waals surface area contributed by atoms with E-state index < -0.39 is 0 Å². The second kappa shape index (κ2) is 4.97. The number of urea groups is 1. The minimum Gasteiger partial charge on any atom is -0.368 e. The van der Waals surface area contributed by atoms with E-state index in [-0.39, 0.29) is 24.0 Å². The van der Waals surface area contributed by atoms with Crippen LogP contribution in [0.25, 0.3) is 0 Å². The summed E-state index contributed by atoms with van der Waals surface area (Å²) >= 11 is 0. The zero-order valence-electron chi connectivity index (χ0n) is 8.90. The van der Waals surface area contributed by atoms with Crippen LogP contribution in [0, 0.1) is 0 Å². The number of carbonyl (C=O) groups is 2. The molecule has 0 aromatic heterocycles. The fourth-order valence-corrected chi connectivity index (χ4v) is 1.70. The van der Waals surface area contributed by atoms with E-state index in [9.17, 15) is 9.59 Å². The van der Waals surface area contributed by atoms with E-state index in [4.69, 9.17) is 11.5 Å². The number of hydrogen-bond donors (Lipinski definition) is 3. The van der Waals surface area contributed by atoms with Gasteiger partial charge in [0.05, 0.1) is 6.04 Å². The fraction of sp³-hybridized carbons (Fsp3) is 0.778. The molecule has 0 spiro atoms. The maximum atomic E-state index is 10.8. The maximum Gasteiger partial charge on any atom is 0.314 e. The van der Waals surface area contributed by atoms with Crippen molar-refractivity contribution in [1.29, 1.82) is 0 Å². The van der Waals surface area contributed by atoms with Crippen LogP contribution in [0.3, 0.4) is 0 Å². The summed E-state index contributed by atoms with van der Waals surface area (Å²) in [5, 5.41) is 3.12. The van der Waals surface area contributed by atoms with E-state index in [0.29, 0.717) is 13.1 Å². The average Bonchev–Trinajstić information content (AvgIpc) is 2.18. The molecule has 0 aromatic carbocycles. The molecule has 1 aliphatic rings. The van der Waals surface area contributed by atoms with E-state index >= 15 is 0 Å². The molecule has 1 aliphatic heterocycles. The minimum atomic E-state index is -0.378. The molecule has 1 atom stereocenters. The number of nitrogens with zero attached hydrogens (tertiary/aromatic N) is 1. The van der Waals surface area contributed by atoms with Gasteiger partial charge in [0.25, 0.3) is 0 Å². The molecule has 5 N–H and O–H groups in total. The molecular weight excluding hydrogens is 196 g/mol. The maximum absolute atomic E-state index is 10.8. The Morgan fingerprint density at radius 2 is 1.87 bits per heavy atom. The number of carbonyl (C=O) groups excluding carboxylic acids is 2. The standard InChI is InChI=1S/C9H18N4O2/c1-6(8(10)14)12-7-2-4-13(5-3-7)9(11)15/h6-7,12H,2-5H2,1H3,(H2,10,14)(H2,11,15). The smallest absolute Gasteiger partial charge is 0.314 e. The van der Waals surface area contributed by atoms with Gasteiger partial charge in [-0.25, -0.2) is 4.79 Å². The molecule has 1 unspecified atom stereocenters. The van der Waals surface area contributed by atoms with Crippen LogP contribution in [0.1, 0.15) is 19.8 Å². The van der Waals surface area contributed by atoms with Gasteiger partial charge in [0.2, 0.25) is 5.91 Å². The molecule has 0 saturated carbocycles. The molecule has 1 saturated heterocycles. The van der Waals surface area contributed by atoms with E-state index in [0.717, 1.165) is 12.8 Å². The summed E-state index contributed by atoms with van der Waals surface area (Å²) in [7, 11) is 0. The van der Waals surface area contributed by atoms with Crippen LogP contribution in [-0.2, 0) is 4.79 Å². The molecule has 0 aromatic rings. The van der Waals surface area contributed by atoms with E-state index in [1.165, 1.54) is 0 Å². The number of rotatable bonds is 3. The Bertz CT molecular complexity index is 248. The van der Waals surface area contributed by atoms with Crippen LogP contribution < -0.4 is 16.8 Å². The number of hydrogen-bond acceptors (Lipinski definition) is 3. The van der Waals surface area contributed by atoms with Gasteiger partial charge in [0, 0.05) is 19.1 Å². The highest BCUT2D eigenvalue weighted by Crippen LogP contribution is 2.10. The molecule has 1 fully saturated rings. The third-order valence-electron chi connectivity index (χ3n) is 2.72. The first kappa shape index (κ1) is 11.8. The van der Waals surface area contributed by atoms with Gasteiger partial charge in [-0.05, 0) is 19.8 Å². The first-order chi connectivity index (χ1) is 7.00. The zero-order valence-corrected chi connectivity index (χ0v) is 8.90. The lowest BCUT2D eigenvalue weighted by atomic mass is 10.0. The molecule has 86 valence electrons. The summed E-state index contributed by atoms with van der Waals surface area (Å²) in [4.78, 5) is 23.3. The van der Waals surface area contributed by atoms with Gasteiger partial charge in [-0.1, -0.05) is 0 Å². The lowest BCUT2D eigenvalue weighted by Crippen LogP contribution is -2.51. The number of amides is 3. The largest absolute Gasteiger partial charge is 0.368 e. The van der Waals surface area contributed by atoms with Crippen molar-refractivity contribution in [2.45, 2.75) is 31.8 Å². The van der Waals surface area contributed by atoms with Crippen molar-refractivity contribution in [1.82, 2.24) is 10.2 Å². The monoisotopic (exact) mass is 214 g/mol. The van der Waals surface area contributed by atoms with Gasteiger partial charge >= 0.3 is 6.03 Å². The van der Waals surface area contributed by atoms with Crippen molar-refractivity contribution < 1.29 is 9.59 Å². The lowest BCUT2D eigenvalue weighted by Gasteiger charge is -2.32. The first-order valence-corrected chi connectivity index (χ1v) is 5.10. The van der Waals surface area contributed by atoms with Gasteiger partial charge in [0.15, 0.2) is 0 Å². The van der Waals surface area contributed by atoms with Gasteiger partial charge in [-0.2, -0.15) is 0 Å². The molecule has 6 heteroatoms. The highest BCUT2D eigenvalue weighted by atomic mass is 16.2. The molecule has 3 amide bonds. The van der Waals surface area contributed by atoms with Crippen LogP contribution in [0.5, 0.6) is 0 Å². The molecule has 0 radical (unpaired) electrons. The quantitative estimate of drug-likeness (QED) is 0.561. The summed E-state index contributed by atoms with van der Waals surface area (Å²) in [5.74, 6) is -0.354. The second-order valence-corrected chi connectivity index (χ2v) is 3.89. The minimum absolute atomic E-state index is 0.239. The van der Waals surface area contributed by atoms with E-state index in [2.05, 4.69) is 5.32 Å². The molecule has 6 nitrogen and oxygen atoms in total. The number of nitrogens with two attached hydrogens (primary N) is 2. The summed E-state index contributed by atoms with van der Waals surface area (Å²) in [6.45, 7) is 3.01. The highest BCUT2D eigenvalue weighted by Gasteiger charge is 2.23. The third-order valence-corrected chi connectivity index (χ3v) is 2.72. The van der Waals surface area contributed by atoms with Crippen LogP contribution in [0.15, 0.2) is 0 Å². The van der Waals surface area contributed by atoms with Crippen molar-refractivity contribution in [3.05, 3.63) is 0 Å². The van der Waals surface area contributed by atoms with Crippen molar-refractivity contribution in [2.75, 3.05) is 13.1 Å². The van der Waals surface area contributed by atoms with Crippen LogP contribution in [0.2, 0.25) is 0 Å². The van der Waals surface area contributed by atoms with Crippen molar-refractivity contribution in [2.24, 2.45) is 11.5 Å². The molecular formula is C9H18N4O2. The summed E-state index contributed by atoms with van der Waals surface area (Å²) in [6.07, 6.45) is 1.61. The SMILES string of the molecule is CC(NC1CCN(C(N)=O)CC1)C(N)=O. The van der Waals surface area contributed by atoms with E-state index in [1.807, 2.05) is 0 Å². The predicted molar refractivity (Wildman–Crippen MR) is 56.0 cm³/mol. The predicted octanol–water partition coefficient (Wildman–Crippen LogP) is -1.01. The molecule has 1 rings (SSSR count). The Kier molecular flexibility index (Phi) is 3.90. The summed E-state index contributed by atoms with van der Waals surface area (Å²) < 4.78 is 0. The first-order valence-electron chi connectivity index (χ1n) is 5.10. The number of primary amides is 2. The topological polar surface area (TPSA) is 101 Å². The molecule has 15 heavy (non-hydrogen) atoms. The second-order valence-electron chi connectivity index (χ2n) is 3.89.